The van der Waals surface area contributed by atoms with Gasteiger partial charge in [0.2, 0.25) is 5.82 Å². The molecular weight excluding hydrogens is 311 g/mol. The van der Waals surface area contributed by atoms with E-state index < -0.39 is 16.8 Å². The van der Waals surface area contributed by atoms with Crippen molar-refractivity contribution in [2.24, 2.45) is 0 Å². The van der Waals surface area contributed by atoms with Gasteiger partial charge < -0.3 is 20.5 Å². The Balaban J connectivity index is 1.82. The second-order valence-corrected chi connectivity index (χ2v) is 5.39. The van der Waals surface area contributed by atoms with Gasteiger partial charge in [0.1, 0.15) is 12.0 Å². The molecule has 0 aliphatic carbocycles. The number of nitrogens with zero attached hydrogens (tertiary/aromatic N) is 3. The van der Waals surface area contributed by atoms with Gasteiger partial charge in [-0.3, -0.25) is 0 Å². The number of fused-ring (bicyclic) bond motifs is 1. The molecule has 2 heterocycles. The number of aliphatic hydroxyl groups excluding tert-OH is 1. The number of thiazole rings is 1. The van der Waals surface area contributed by atoms with Crippen LogP contribution in [0.15, 0.2) is 35.8 Å². The van der Waals surface area contributed by atoms with Gasteiger partial charge in [0.25, 0.3) is 4.96 Å². The molecule has 2 N–H and O–H groups in total. The first-order chi connectivity index (χ1) is 10.6. The van der Waals surface area contributed by atoms with Gasteiger partial charge in [-0.25, -0.2) is 4.39 Å². The first-order valence-corrected chi connectivity index (χ1v) is 7.22. The summed E-state index contributed by atoms with van der Waals surface area (Å²) in [6.07, 6.45) is 0.407. The van der Waals surface area contributed by atoms with E-state index in [1.807, 2.05) is 0 Å². The first-order valence-electron chi connectivity index (χ1n) is 6.34. The van der Waals surface area contributed by atoms with E-state index in [1.54, 1.807) is 17.6 Å². The van der Waals surface area contributed by atoms with E-state index in [4.69, 9.17) is 0 Å². The number of imidazole rings is 1. The number of hydrogen-bond donors (Lipinski definition) is 2. The number of rotatable bonds is 5. The van der Waals surface area contributed by atoms with E-state index in [0.29, 0.717) is 4.96 Å². The van der Waals surface area contributed by atoms with Crippen molar-refractivity contribution in [3.63, 3.8) is 0 Å². The summed E-state index contributed by atoms with van der Waals surface area (Å²) in [7, 11) is 0. The van der Waals surface area contributed by atoms with Crippen molar-refractivity contribution in [2.75, 3.05) is 11.9 Å². The van der Waals surface area contributed by atoms with Gasteiger partial charge in [-0.2, -0.15) is 9.38 Å². The average Bonchev–Trinajstić information content (AvgIpc) is 3.04. The molecule has 1 atom stereocenters. The maximum Gasteiger partial charge on any atom is 0.372 e. The summed E-state index contributed by atoms with van der Waals surface area (Å²) in [4.78, 5) is 15.2. The summed E-state index contributed by atoms with van der Waals surface area (Å²) in [6.45, 7) is -0.0907. The molecule has 3 rings (SSSR count). The van der Waals surface area contributed by atoms with E-state index in [0.717, 1.165) is 0 Å². The van der Waals surface area contributed by atoms with E-state index in [1.165, 1.54) is 33.9 Å². The number of aliphatic hydroxyl groups is 1. The van der Waals surface area contributed by atoms with E-state index in [9.17, 15) is 19.6 Å². The molecule has 2 aromatic heterocycles. The van der Waals surface area contributed by atoms with Crippen molar-refractivity contribution in [1.29, 1.82) is 0 Å². The van der Waals surface area contributed by atoms with Crippen LogP contribution in [-0.2, 0) is 0 Å². The predicted molar refractivity (Wildman–Crippen MR) is 79.6 cm³/mol. The molecule has 0 fully saturated rings. The Morgan fingerprint density at radius 1 is 1.50 bits per heavy atom. The molecule has 0 aliphatic rings. The molecule has 0 unspecified atom stereocenters. The van der Waals surface area contributed by atoms with Gasteiger partial charge >= 0.3 is 5.82 Å². The normalized spacial score (nSPS) is 12.5. The minimum absolute atomic E-state index is 0.0484. The summed E-state index contributed by atoms with van der Waals surface area (Å²) >= 11 is 1.26. The maximum absolute atomic E-state index is 13.6. The molecule has 0 saturated carbocycles. The minimum atomic E-state index is -1.14. The van der Waals surface area contributed by atoms with Gasteiger partial charge in [0.15, 0.2) is 0 Å². The highest BCUT2D eigenvalue weighted by Crippen LogP contribution is 2.28. The topological polar surface area (TPSA) is 92.7 Å². The summed E-state index contributed by atoms with van der Waals surface area (Å²) in [5, 5.41) is 25.6. The van der Waals surface area contributed by atoms with Gasteiger partial charge in [-0.05, 0) is 11.0 Å². The molecular formula is C13H11FN4O3S. The Morgan fingerprint density at radius 3 is 3.00 bits per heavy atom. The standard InChI is InChI=1S/C13H11FN4O3S/c14-9-4-2-1-3-8(9)10(19)7-15-11-12(18(20)21)17-5-6-22-13(17)16-11/h1-6,10,15,19H,7H2/t10-/m0/s1. The van der Waals surface area contributed by atoms with Crippen LogP contribution in [0.5, 0.6) is 0 Å². The number of nitrogens with one attached hydrogen (secondary N) is 1. The van der Waals surface area contributed by atoms with Gasteiger partial charge in [-0.1, -0.05) is 29.5 Å². The van der Waals surface area contributed by atoms with E-state index in [-0.39, 0.29) is 23.7 Å². The summed E-state index contributed by atoms with van der Waals surface area (Å²) in [5.74, 6) is -0.693. The third kappa shape index (κ3) is 2.51. The van der Waals surface area contributed by atoms with Crippen LogP contribution in [-0.4, -0.2) is 26.0 Å². The highest BCUT2D eigenvalue weighted by Gasteiger charge is 2.24. The molecule has 22 heavy (non-hydrogen) atoms. The minimum Gasteiger partial charge on any atom is -0.386 e. The second-order valence-electron chi connectivity index (χ2n) is 4.51. The number of hydrogen-bond acceptors (Lipinski definition) is 6. The lowest BCUT2D eigenvalue weighted by Crippen LogP contribution is -2.14. The molecule has 0 amide bonds. The number of aromatic nitrogens is 2. The lowest BCUT2D eigenvalue weighted by atomic mass is 10.1. The van der Waals surface area contributed by atoms with Crippen molar-refractivity contribution < 1.29 is 14.4 Å². The molecule has 114 valence electrons. The third-order valence-corrected chi connectivity index (χ3v) is 3.89. The predicted octanol–water partition coefficient (Wildman–Crippen LogP) is 2.59. The van der Waals surface area contributed by atoms with Crippen LogP contribution in [0.4, 0.5) is 16.0 Å². The molecule has 3 aromatic rings. The van der Waals surface area contributed by atoms with Crippen molar-refractivity contribution in [3.8, 4) is 0 Å². The maximum atomic E-state index is 13.6. The highest BCUT2D eigenvalue weighted by atomic mass is 32.1. The molecule has 0 bridgehead atoms. The Hall–Kier alpha value is -2.52. The van der Waals surface area contributed by atoms with E-state index in [2.05, 4.69) is 10.3 Å². The molecule has 0 spiro atoms. The lowest BCUT2D eigenvalue weighted by molar-refractivity contribution is -0.389. The highest BCUT2D eigenvalue weighted by molar-refractivity contribution is 7.15. The van der Waals surface area contributed by atoms with Crippen LogP contribution in [0.3, 0.4) is 0 Å². The van der Waals surface area contributed by atoms with Crippen LogP contribution in [0.1, 0.15) is 11.7 Å². The Kier molecular flexibility index (Phi) is 3.73. The summed E-state index contributed by atoms with van der Waals surface area (Å²) in [6, 6.07) is 5.83. The van der Waals surface area contributed by atoms with Crippen molar-refractivity contribution in [1.82, 2.24) is 9.38 Å². The fourth-order valence-corrected chi connectivity index (χ4v) is 2.82. The van der Waals surface area contributed by atoms with Crippen LogP contribution < -0.4 is 5.32 Å². The van der Waals surface area contributed by atoms with Crippen LogP contribution in [0.25, 0.3) is 4.96 Å². The monoisotopic (exact) mass is 322 g/mol. The zero-order chi connectivity index (χ0) is 15.7. The fraction of sp³-hybridized carbons (Fsp3) is 0.154. The number of anilines is 1. The molecule has 0 radical (unpaired) electrons. The van der Waals surface area contributed by atoms with Crippen molar-refractivity contribution in [2.45, 2.75) is 6.10 Å². The van der Waals surface area contributed by atoms with Crippen LogP contribution in [0, 0.1) is 15.9 Å². The van der Waals surface area contributed by atoms with Gasteiger partial charge in [0, 0.05) is 17.5 Å². The van der Waals surface area contributed by atoms with Crippen LogP contribution >= 0.6 is 11.3 Å². The Labute approximate surface area is 127 Å². The smallest absolute Gasteiger partial charge is 0.372 e. The second kappa shape index (κ2) is 5.70. The molecule has 1 aromatic carbocycles. The number of halogens is 1. The van der Waals surface area contributed by atoms with Gasteiger partial charge in [-0.15, -0.1) is 0 Å². The Morgan fingerprint density at radius 2 is 2.27 bits per heavy atom. The fourth-order valence-electron chi connectivity index (χ4n) is 2.12. The third-order valence-electron chi connectivity index (χ3n) is 3.14. The largest absolute Gasteiger partial charge is 0.386 e. The zero-order valence-corrected chi connectivity index (χ0v) is 12.0. The molecule has 0 aliphatic heterocycles. The summed E-state index contributed by atoms with van der Waals surface area (Å²) < 4.78 is 14.9. The first kappa shape index (κ1) is 14.4. The lowest BCUT2D eigenvalue weighted by Gasteiger charge is -2.12. The van der Waals surface area contributed by atoms with Gasteiger partial charge in [0.05, 0.1) is 6.10 Å². The van der Waals surface area contributed by atoms with Crippen molar-refractivity contribution in [3.05, 3.63) is 57.3 Å². The number of benzene rings is 1. The van der Waals surface area contributed by atoms with Crippen LogP contribution in [0.2, 0.25) is 0 Å². The Bertz CT molecular complexity index is 832. The molecule has 9 heteroatoms. The summed E-state index contributed by atoms with van der Waals surface area (Å²) in [5.41, 5.74) is 0.124. The quantitative estimate of drug-likeness (QED) is 0.556. The average molecular weight is 322 g/mol. The number of nitro groups is 1. The molecule has 7 nitrogen and oxygen atoms in total. The van der Waals surface area contributed by atoms with E-state index >= 15 is 0 Å². The van der Waals surface area contributed by atoms with Crippen molar-refractivity contribution >= 4 is 27.9 Å². The SMILES string of the molecule is O=[N+]([O-])c1c(NC[C@H](O)c2ccccc2F)nc2sccn12. The zero-order valence-electron chi connectivity index (χ0n) is 11.1. The molecule has 0 saturated heterocycles.